The molecule has 4 radical (unpaired) electrons. The van der Waals surface area contributed by atoms with Gasteiger partial charge in [-0.2, -0.15) is 0 Å². The van der Waals surface area contributed by atoms with Gasteiger partial charge in [0, 0.05) is 20.8 Å². The molecular formula is H2CaO9S3. The first-order chi connectivity index (χ1) is 4.00. The Labute approximate surface area is 111 Å². The summed E-state index contributed by atoms with van der Waals surface area (Å²) in [7, 11) is -10.3. The zero-order valence-electron chi connectivity index (χ0n) is 5.70. The first-order valence-corrected chi connectivity index (χ1v) is 4.00. The Kier molecular flexibility index (Phi) is 25.6. The van der Waals surface area contributed by atoms with Gasteiger partial charge in [-0.1, -0.05) is 0 Å². The molecule has 0 saturated heterocycles. The van der Waals surface area contributed by atoms with E-state index in [9.17, 15) is 0 Å². The molecule has 0 saturated carbocycles. The van der Waals surface area contributed by atoms with Gasteiger partial charge in [-0.05, 0) is 0 Å². The van der Waals surface area contributed by atoms with Gasteiger partial charge in [0.15, 0.2) is 0 Å². The summed E-state index contributed by atoms with van der Waals surface area (Å²) in [5, 5.41) is 0. The van der Waals surface area contributed by atoms with Crippen molar-refractivity contribution in [3.05, 3.63) is 0 Å². The minimum Gasteiger partial charge on any atom is -0.759 e. The van der Waals surface area contributed by atoms with Gasteiger partial charge in [-0.3, -0.25) is 16.8 Å². The van der Waals surface area contributed by atoms with Crippen molar-refractivity contribution >= 4 is 72.0 Å². The van der Waals surface area contributed by atoms with Gasteiger partial charge in [0.1, 0.15) is 0 Å². The third kappa shape index (κ3) is 992. The van der Waals surface area contributed by atoms with E-state index in [0.717, 1.165) is 0 Å². The summed E-state index contributed by atoms with van der Waals surface area (Å²) in [6.07, 6.45) is 0. The van der Waals surface area contributed by atoms with Gasteiger partial charge in [0.05, 0.1) is 0 Å². The van der Waals surface area contributed by atoms with E-state index in [1.54, 1.807) is 0 Å². The molecule has 0 aliphatic rings. The smallest absolute Gasteiger partial charge is 0.759 e. The number of hydrogen-bond acceptors (Lipinski definition) is 8. The molecule has 0 aliphatic heterocycles. The Morgan fingerprint density at radius 3 is 0.692 bits per heavy atom. The molecule has 0 aromatic heterocycles. The van der Waals surface area contributed by atoms with Gasteiger partial charge < -0.3 is 23.7 Å². The molecule has 0 rings (SSSR count). The maximum absolute atomic E-state index is 8.52. The zero-order chi connectivity index (χ0) is 9.00. The van der Waals surface area contributed by atoms with Crippen LogP contribution >= 0.6 is 0 Å². The van der Waals surface area contributed by atoms with Crippen LogP contribution in [0.5, 0.6) is 0 Å². The van der Waals surface area contributed by atoms with Crippen LogP contribution in [0.2, 0.25) is 0 Å². The van der Waals surface area contributed by atoms with Gasteiger partial charge in [-0.15, -0.1) is 0 Å². The van der Waals surface area contributed by atoms with Crippen molar-refractivity contribution in [1.29, 1.82) is 0 Å². The Morgan fingerprint density at radius 2 is 0.692 bits per heavy atom. The fourth-order valence-corrected chi connectivity index (χ4v) is 0. The summed E-state index contributed by atoms with van der Waals surface area (Å²) in [6.45, 7) is 0. The van der Waals surface area contributed by atoms with Crippen molar-refractivity contribution in [2.45, 2.75) is 0 Å². The SMILES string of the molecule is O.O=S(=O)([O-])[O-].O=S(=O)([O-])[O-].[Ca+2].[S+2]. The average molecular weight is 282 g/mol. The van der Waals surface area contributed by atoms with Crippen LogP contribution in [0.15, 0.2) is 0 Å². The molecule has 0 aromatic carbocycles. The molecule has 2 N–H and O–H groups in total. The monoisotopic (exact) mass is 282 g/mol. The van der Waals surface area contributed by atoms with Crippen molar-refractivity contribution < 1.29 is 40.5 Å². The largest absolute Gasteiger partial charge is 2.00 e. The molecule has 0 aliphatic carbocycles. The first kappa shape index (κ1) is 29.2. The van der Waals surface area contributed by atoms with E-state index < -0.39 is 20.8 Å². The Balaban J connectivity index is -0.0000000267. The van der Waals surface area contributed by atoms with Crippen LogP contribution in [0.25, 0.3) is 0 Å². The number of rotatable bonds is 0. The van der Waals surface area contributed by atoms with Crippen molar-refractivity contribution in [2.75, 3.05) is 0 Å². The quantitative estimate of drug-likeness (QED) is 0.244. The summed E-state index contributed by atoms with van der Waals surface area (Å²) in [4.78, 5) is 0. The molecule has 13 heteroatoms. The van der Waals surface area contributed by atoms with E-state index in [1.807, 2.05) is 0 Å². The van der Waals surface area contributed by atoms with E-state index >= 15 is 0 Å². The first-order valence-electron chi connectivity index (χ1n) is 1.33. The minimum absolute atomic E-state index is 0. The van der Waals surface area contributed by atoms with Crippen molar-refractivity contribution in [3.8, 4) is 0 Å². The fourth-order valence-electron chi connectivity index (χ4n) is 0. The van der Waals surface area contributed by atoms with Crippen molar-refractivity contribution in [3.63, 3.8) is 0 Å². The molecule has 0 bridgehead atoms. The Bertz CT molecular complexity index is 211. The Hall–Kier alpha value is 1.31. The molecule has 0 heterocycles. The molecular weight excluding hydrogens is 280 g/mol. The van der Waals surface area contributed by atoms with Gasteiger partial charge in [-0.25, -0.2) is 0 Å². The standard InChI is InChI=1S/Ca.2H2O4S.H2O.S/c;2*1-5(2,3)4;;/h;2*(H2,1,2,3,4);1H2;/q+2;;;;+2/p-4. The third-order valence-electron chi connectivity index (χ3n) is 0. The topological polar surface area (TPSA) is 192 Å². The maximum atomic E-state index is 8.52. The van der Waals surface area contributed by atoms with E-state index in [-0.39, 0.29) is 56.7 Å². The molecule has 0 aromatic rings. The van der Waals surface area contributed by atoms with Crippen molar-refractivity contribution in [1.82, 2.24) is 0 Å². The van der Waals surface area contributed by atoms with E-state index in [0.29, 0.717) is 0 Å². The zero-order valence-corrected chi connectivity index (χ0v) is 10.4. The predicted molar refractivity (Wildman–Crippen MR) is 37.7 cm³/mol. The van der Waals surface area contributed by atoms with Crippen LogP contribution in [-0.2, 0) is 34.3 Å². The molecule has 0 atom stereocenters. The summed E-state index contributed by atoms with van der Waals surface area (Å²) >= 11 is 0. The van der Waals surface area contributed by atoms with Crippen LogP contribution in [0.3, 0.4) is 0 Å². The van der Waals surface area contributed by atoms with Gasteiger partial charge in [0.25, 0.3) is 0 Å². The summed E-state index contributed by atoms with van der Waals surface area (Å²) < 4.78 is 68.2. The van der Waals surface area contributed by atoms with Crippen LogP contribution in [0.4, 0.5) is 0 Å². The second-order valence-electron chi connectivity index (χ2n) is 0.816. The molecule has 0 unspecified atom stereocenters. The van der Waals surface area contributed by atoms with E-state index in [2.05, 4.69) is 0 Å². The molecule has 0 fully saturated rings. The van der Waals surface area contributed by atoms with Crippen LogP contribution in [0.1, 0.15) is 0 Å². The summed E-state index contributed by atoms with van der Waals surface area (Å²) in [5.74, 6) is 0. The summed E-state index contributed by atoms with van der Waals surface area (Å²) in [5.41, 5.74) is 0. The second kappa shape index (κ2) is 11.4. The van der Waals surface area contributed by atoms with Gasteiger partial charge in [0.2, 0.25) is 0 Å². The molecule has 0 spiro atoms. The number of hydrogen-bond donors (Lipinski definition) is 0. The summed E-state index contributed by atoms with van der Waals surface area (Å²) in [6, 6.07) is 0. The van der Waals surface area contributed by atoms with Crippen LogP contribution in [0, 0.1) is 0 Å². The molecule has 0 amide bonds. The van der Waals surface area contributed by atoms with E-state index in [1.165, 1.54) is 0 Å². The second-order valence-corrected chi connectivity index (χ2v) is 2.45. The maximum Gasteiger partial charge on any atom is 2.00 e. The fraction of sp³-hybridized carbons (Fsp3) is 0. The normalized spacial score (nSPS) is 8.92. The molecule has 9 nitrogen and oxygen atoms in total. The molecule has 13 heavy (non-hydrogen) atoms. The van der Waals surface area contributed by atoms with Crippen LogP contribution in [-0.4, -0.2) is 78.3 Å². The van der Waals surface area contributed by atoms with Gasteiger partial charge >= 0.3 is 51.2 Å². The average Bonchev–Trinajstić information content (AvgIpc) is 1.12. The van der Waals surface area contributed by atoms with Crippen LogP contribution < -0.4 is 0 Å². The molecule has 76 valence electrons. The Morgan fingerprint density at radius 1 is 0.692 bits per heavy atom. The van der Waals surface area contributed by atoms with Crippen molar-refractivity contribution in [2.24, 2.45) is 0 Å². The predicted octanol–water partition coefficient (Wildman–Crippen LogP) is -3.88. The van der Waals surface area contributed by atoms with E-state index in [4.69, 9.17) is 35.0 Å². The third-order valence-corrected chi connectivity index (χ3v) is 0. The minimum atomic E-state index is -5.17.